The van der Waals surface area contributed by atoms with E-state index in [0.717, 1.165) is 16.9 Å². The van der Waals surface area contributed by atoms with E-state index in [4.69, 9.17) is 4.74 Å². The van der Waals surface area contributed by atoms with Crippen molar-refractivity contribution in [3.05, 3.63) is 65.5 Å². The van der Waals surface area contributed by atoms with Crippen LogP contribution >= 0.6 is 0 Å². The van der Waals surface area contributed by atoms with Gasteiger partial charge in [0.1, 0.15) is 12.4 Å². The molecule has 0 aliphatic carbocycles. The third-order valence-electron chi connectivity index (χ3n) is 3.30. The van der Waals surface area contributed by atoms with E-state index in [2.05, 4.69) is 34.2 Å². The predicted octanol–water partition coefficient (Wildman–Crippen LogP) is 3.67. The second kappa shape index (κ2) is 5.79. The first-order valence-corrected chi connectivity index (χ1v) is 6.89. The Balaban J connectivity index is 1.71. The van der Waals surface area contributed by atoms with Crippen LogP contribution in [0.1, 0.15) is 17.0 Å². The van der Waals surface area contributed by atoms with Crippen LogP contribution in [-0.4, -0.2) is 15.2 Å². The Kier molecular flexibility index (Phi) is 3.69. The Morgan fingerprint density at radius 1 is 1.00 bits per heavy atom. The summed E-state index contributed by atoms with van der Waals surface area (Å²) in [6.45, 7) is 4.46. The maximum Gasteiger partial charge on any atom is 0.181 e. The molecule has 0 fully saturated rings. The molecule has 0 aliphatic heterocycles. The minimum absolute atomic E-state index is 0.379. The lowest BCUT2D eigenvalue weighted by atomic mass is 10.1. The van der Waals surface area contributed by atoms with Crippen molar-refractivity contribution in [2.24, 2.45) is 0 Å². The lowest BCUT2D eigenvalue weighted by Gasteiger charge is -2.06. The van der Waals surface area contributed by atoms with E-state index in [-0.39, 0.29) is 0 Å². The molecule has 21 heavy (non-hydrogen) atoms. The van der Waals surface area contributed by atoms with Crippen molar-refractivity contribution in [3.8, 4) is 17.1 Å². The van der Waals surface area contributed by atoms with Gasteiger partial charge in [-0.3, -0.25) is 5.10 Å². The van der Waals surface area contributed by atoms with Gasteiger partial charge in [-0.15, -0.1) is 0 Å². The average molecular weight is 279 g/mol. The van der Waals surface area contributed by atoms with Gasteiger partial charge in [0.05, 0.1) is 0 Å². The molecular formula is C17H17N3O. The molecule has 0 unspecified atom stereocenters. The number of hydrogen-bond donors (Lipinski definition) is 1. The molecule has 0 atom stereocenters. The Labute approximate surface area is 123 Å². The van der Waals surface area contributed by atoms with Gasteiger partial charge in [0.25, 0.3) is 0 Å². The van der Waals surface area contributed by atoms with Crippen LogP contribution in [0.2, 0.25) is 0 Å². The summed E-state index contributed by atoms with van der Waals surface area (Å²) in [5.74, 6) is 2.28. The molecule has 3 aromatic rings. The maximum atomic E-state index is 5.76. The molecule has 106 valence electrons. The number of ether oxygens (including phenoxy) is 1. The molecule has 2 aromatic carbocycles. The number of aromatic amines is 1. The molecule has 0 amide bonds. The van der Waals surface area contributed by atoms with Crippen LogP contribution in [0.5, 0.6) is 5.75 Å². The fourth-order valence-corrected chi connectivity index (χ4v) is 2.06. The van der Waals surface area contributed by atoms with Gasteiger partial charge in [-0.05, 0) is 25.5 Å². The van der Waals surface area contributed by atoms with Gasteiger partial charge in [-0.1, -0.05) is 48.0 Å². The van der Waals surface area contributed by atoms with E-state index in [1.165, 1.54) is 5.56 Å². The molecule has 0 saturated carbocycles. The zero-order valence-corrected chi connectivity index (χ0v) is 12.1. The largest absolute Gasteiger partial charge is 0.485 e. The van der Waals surface area contributed by atoms with Gasteiger partial charge in [0.15, 0.2) is 11.6 Å². The molecule has 0 bridgehead atoms. The number of para-hydroxylation sites is 1. The van der Waals surface area contributed by atoms with Gasteiger partial charge in [0, 0.05) is 5.56 Å². The Morgan fingerprint density at radius 3 is 2.52 bits per heavy atom. The third-order valence-corrected chi connectivity index (χ3v) is 3.30. The molecule has 1 N–H and O–H groups in total. The summed E-state index contributed by atoms with van der Waals surface area (Å²) >= 11 is 0. The van der Waals surface area contributed by atoms with Crippen LogP contribution in [0, 0.1) is 13.8 Å². The predicted molar refractivity (Wildman–Crippen MR) is 82.1 cm³/mol. The second-order valence-electron chi connectivity index (χ2n) is 5.03. The lowest BCUT2D eigenvalue weighted by molar-refractivity contribution is 0.294. The highest BCUT2D eigenvalue weighted by Gasteiger charge is 2.07. The van der Waals surface area contributed by atoms with Gasteiger partial charge in [-0.25, -0.2) is 4.98 Å². The molecule has 0 spiro atoms. The van der Waals surface area contributed by atoms with Gasteiger partial charge in [-0.2, -0.15) is 5.10 Å². The van der Waals surface area contributed by atoms with Crippen LogP contribution in [0.25, 0.3) is 11.4 Å². The monoisotopic (exact) mass is 279 g/mol. The molecule has 4 heteroatoms. The number of rotatable bonds is 4. The first kappa shape index (κ1) is 13.4. The summed E-state index contributed by atoms with van der Waals surface area (Å²) in [6.07, 6.45) is 0. The van der Waals surface area contributed by atoms with Gasteiger partial charge < -0.3 is 4.74 Å². The molecule has 3 rings (SSSR count). The van der Waals surface area contributed by atoms with Crippen molar-refractivity contribution in [2.45, 2.75) is 20.5 Å². The van der Waals surface area contributed by atoms with Crippen molar-refractivity contribution >= 4 is 0 Å². The number of nitrogens with zero attached hydrogens (tertiary/aromatic N) is 2. The highest BCUT2D eigenvalue weighted by molar-refractivity contribution is 5.54. The first-order valence-electron chi connectivity index (χ1n) is 6.89. The Morgan fingerprint density at radius 2 is 1.76 bits per heavy atom. The van der Waals surface area contributed by atoms with Crippen LogP contribution in [0.15, 0.2) is 48.5 Å². The zero-order chi connectivity index (χ0) is 14.7. The van der Waals surface area contributed by atoms with E-state index < -0.39 is 0 Å². The summed E-state index contributed by atoms with van der Waals surface area (Å²) < 4.78 is 5.76. The number of aromatic nitrogens is 3. The quantitative estimate of drug-likeness (QED) is 0.792. The summed E-state index contributed by atoms with van der Waals surface area (Å²) in [4.78, 5) is 4.46. The Hall–Kier alpha value is -2.62. The number of aryl methyl sites for hydroxylation is 2. The fraction of sp³-hybridized carbons (Fsp3) is 0.176. The van der Waals surface area contributed by atoms with Crippen molar-refractivity contribution in [1.29, 1.82) is 0 Å². The zero-order valence-electron chi connectivity index (χ0n) is 12.1. The van der Waals surface area contributed by atoms with E-state index >= 15 is 0 Å². The fourth-order valence-electron chi connectivity index (χ4n) is 2.06. The molecule has 4 nitrogen and oxygen atoms in total. The third kappa shape index (κ3) is 3.11. The standard InChI is InChI=1S/C17H17N3O/c1-12-7-9-14(10-8-12)17-18-16(19-20-17)11-21-15-6-4-3-5-13(15)2/h3-10H,11H2,1-2H3,(H,18,19,20). The summed E-state index contributed by atoms with van der Waals surface area (Å²) in [7, 11) is 0. The molecule has 1 aromatic heterocycles. The van der Waals surface area contributed by atoms with Crippen LogP contribution < -0.4 is 4.74 Å². The van der Waals surface area contributed by atoms with Crippen molar-refractivity contribution in [1.82, 2.24) is 15.2 Å². The summed E-state index contributed by atoms with van der Waals surface area (Å²) in [5, 5.41) is 7.16. The Bertz CT molecular complexity index is 732. The number of benzene rings is 2. The highest BCUT2D eigenvalue weighted by Crippen LogP contribution is 2.18. The average Bonchev–Trinajstić information content (AvgIpc) is 2.96. The molecule has 1 heterocycles. The van der Waals surface area contributed by atoms with E-state index in [1.54, 1.807) is 0 Å². The molecule has 0 saturated heterocycles. The lowest BCUT2D eigenvalue weighted by Crippen LogP contribution is -1.98. The smallest absolute Gasteiger partial charge is 0.181 e. The van der Waals surface area contributed by atoms with Gasteiger partial charge in [0.2, 0.25) is 0 Å². The molecule has 0 aliphatic rings. The number of H-pyrrole nitrogens is 1. The minimum atomic E-state index is 0.379. The topological polar surface area (TPSA) is 50.8 Å². The number of hydrogen-bond acceptors (Lipinski definition) is 3. The SMILES string of the molecule is Cc1ccc(-c2n[nH]c(COc3ccccc3C)n2)cc1. The van der Waals surface area contributed by atoms with Crippen molar-refractivity contribution in [3.63, 3.8) is 0 Å². The van der Waals surface area contributed by atoms with Gasteiger partial charge >= 0.3 is 0 Å². The highest BCUT2D eigenvalue weighted by atomic mass is 16.5. The van der Waals surface area contributed by atoms with Crippen molar-refractivity contribution < 1.29 is 4.74 Å². The summed E-state index contributed by atoms with van der Waals surface area (Å²) in [5.41, 5.74) is 3.33. The number of nitrogens with one attached hydrogen (secondary N) is 1. The van der Waals surface area contributed by atoms with Crippen molar-refractivity contribution in [2.75, 3.05) is 0 Å². The van der Waals surface area contributed by atoms with E-state index in [1.807, 2.05) is 43.3 Å². The second-order valence-corrected chi connectivity index (χ2v) is 5.03. The van der Waals surface area contributed by atoms with Crippen LogP contribution in [-0.2, 0) is 6.61 Å². The van der Waals surface area contributed by atoms with E-state index in [9.17, 15) is 0 Å². The minimum Gasteiger partial charge on any atom is -0.485 e. The molecular weight excluding hydrogens is 262 g/mol. The first-order chi connectivity index (χ1) is 10.2. The normalized spacial score (nSPS) is 10.6. The maximum absolute atomic E-state index is 5.76. The van der Waals surface area contributed by atoms with Crippen LogP contribution in [0.3, 0.4) is 0 Å². The van der Waals surface area contributed by atoms with E-state index in [0.29, 0.717) is 18.3 Å². The summed E-state index contributed by atoms with van der Waals surface area (Å²) in [6, 6.07) is 16.1. The van der Waals surface area contributed by atoms with Crippen LogP contribution in [0.4, 0.5) is 0 Å². The molecule has 0 radical (unpaired) electrons.